The zero-order valence-electron chi connectivity index (χ0n) is 10.4. The van der Waals surface area contributed by atoms with Gasteiger partial charge in [0.15, 0.2) is 0 Å². The molecule has 1 aliphatic rings. The number of aliphatic hydroxyl groups excluding tert-OH is 1. The first-order chi connectivity index (χ1) is 7.17. The zero-order valence-corrected chi connectivity index (χ0v) is 10.4. The minimum atomic E-state index is 0.288. The van der Waals surface area contributed by atoms with Crippen molar-refractivity contribution in [2.75, 3.05) is 32.8 Å². The maximum absolute atomic E-state index is 8.98. The molecule has 1 fully saturated rings. The second kappa shape index (κ2) is 6.46. The Morgan fingerprint density at radius 2 is 1.93 bits per heavy atom. The first kappa shape index (κ1) is 12.9. The van der Waals surface area contributed by atoms with E-state index in [1.54, 1.807) is 0 Å². The first-order valence-electron chi connectivity index (χ1n) is 6.24. The van der Waals surface area contributed by atoms with Gasteiger partial charge in [-0.1, -0.05) is 20.8 Å². The van der Waals surface area contributed by atoms with Gasteiger partial charge in [-0.05, 0) is 24.8 Å². The number of nitrogens with zero attached hydrogens (tertiary/aromatic N) is 1. The topological polar surface area (TPSA) is 35.5 Å². The van der Waals surface area contributed by atoms with Crippen LogP contribution in [0.15, 0.2) is 0 Å². The highest BCUT2D eigenvalue weighted by atomic mass is 16.3. The van der Waals surface area contributed by atoms with Gasteiger partial charge in [0.25, 0.3) is 0 Å². The smallest absolute Gasteiger partial charge is 0.0446 e. The number of hydrogen-bond donors (Lipinski definition) is 2. The van der Waals surface area contributed by atoms with E-state index in [2.05, 4.69) is 31.0 Å². The van der Waals surface area contributed by atoms with E-state index in [4.69, 9.17) is 5.11 Å². The van der Waals surface area contributed by atoms with Crippen LogP contribution in [0.2, 0.25) is 0 Å². The van der Waals surface area contributed by atoms with Crippen LogP contribution >= 0.6 is 0 Å². The van der Waals surface area contributed by atoms with E-state index in [9.17, 15) is 0 Å². The van der Waals surface area contributed by atoms with Crippen molar-refractivity contribution in [1.29, 1.82) is 0 Å². The van der Waals surface area contributed by atoms with E-state index in [0.717, 1.165) is 31.3 Å². The van der Waals surface area contributed by atoms with Gasteiger partial charge < -0.3 is 15.3 Å². The van der Waals surface area contributed by atoms with E-state index < -0.39 is 0 Å². The molecule has 1 rings (SSSR count). The summed E-state index contributed by atoms with van der Waals surface area (Å²) in [6.07, 6.45) is 0.868. The van der Waals surface area contributed by atoms with Gasteiger partial charge in [-0.3, -0.25) is 0 Å². The maximum atomic E-state index is 8.98. The van der Waals surface area contributed by atoms with Crippen molar-refractivity contribution in [3.05, 3.63) is 0 Å². The summed E-state index contributed by atoms with van der Waals surface area (Å²) in [6, 6.07) is 0.456. The van der Waals surface area contributed by atoms with Gasteiger partial charge in [-0.15, -0.1) is 0 Å². The van der Waals surface area contributed by atoms with Crippen molar-refractivity contribution in [1.82, 2.24) is 10.2 Å². The molecular weight excluding hydrogens is 188 g/mol. The van der Waals surface area contributed by atoms with E-state index in [0.29, 0.717) is 6.04 Å². The van der Waals surface area contributed by atoms with Crippen molar-refractivity contribution >= 4 is 0 Å². The van der Waals surface area contributed by atoms with Crippen LogP contribution in [0.4, 0.5) is 0 Å². The van der Waals surface area contributed by atoms with Gasteiger partial charge >= 0.3 is 0 Å². The van der Waals surface area contributed by atoms with Gasteiger partial charge in [0.2, 0.25) is 0 Å². The molecule has 0 aromatic carbocycles. The van der Waals surface area contributed by atoms with Crippen LogP contribution < -0.4 is 5.32 Å². The number of rotatable bonds is 6. The van der Waals surface area contributed by atoms with Crippen molar-refractivity contribution in [2.45, 2.75) is 33.2 Å². The summed E-state index contributed by atoms with van der Waals surface area (Å²) in [6.45, 7) is 11.6. The Balaban J connectivity index is 2.31. The van der Waals surface area contributed by atoms with Crippen molar-refractivity contribution in [3.8, 4) is 0 Å². The normalized spacial score (nSPS) is 29.6. The Bertz CT molecular complexity index is 159. The molecule has 1 aliphatic heterocycles. The molecular formula is C12H26N2O. The van der Waals surface area contributed by atoms with Crippen LogP contribution in [-0.2, 0) is 0 Å². The SMILES string of the molecule is CCNC(CCO)CN1CC(C)C(C)C1. The van der Waals surface area contributed by atoms with Crippen LogP contribution in [0.25, 0.3) is 0 Å². The fraction of sp³-hybridized carbons (Fsp3) is 1.00. The van der Waals surface area contributed by atoms with Gasteiger partial charge in [0.05, 0.1) is 0 Å². The summed E-state index contributed by atoms with van der Waals surface area (Å²) in [7, 11) is 0. The number of likely N-dealkylation sites (N-methyl/N-ethyl adjacent to an activating group) is 1. The van der Waals surface area contributed by atoms with E-state index in [1.807, 2.05) is 0 Å². The number of likely N-dealkylation sites (tertiary alicyclic amines) is 1. The zero-order chi connectivity index (χ0) is 11.3. The molecule has 3 atom stereocenters. The Kier molecular flexibility index (Phi) is 5.58. The van der Waals surface area contributed by atoms with Crippen LogP contribution in [0, 0.1) is 11.8 Å². The van der Waals surface area contributed by atoms with Crippen molar-refractivity contribution in [2.24, 2.45) is 11.8 Å². The van der Waals surface area contributed by atoms with Gasteiger partial charge in [0.1, 0.15) is 0 Å². The predicted octanol–water partition coefficient (Wildman–Crippen LogP) is 0.935. The van der Waals surface area contributed by atoms with Crippen LogP contribution in [0.3, 0.4) is 0 Å². The molecule has 0 aromatic heterocycles. The highest BCUT2D eigenvalue weighted by Crippen LogP contribution is 2.22. The average Bonchev–Trinajstić information content (AvgIpc) is 2.47. The lowest BCUT2D eigenvalue weighted by atomic mass is 10.0. The molecule has 90 valence electrons. The third-order valence-corrected chi connectivity index (χ3v) is 3.51. The Morgan fingerprint density at radius 1 is 1.33 bits per heavy atom. The maximum Gasteiger partial charge on any atom is 0.0446 e. The molecule has 2 N–H and O–H groups in total. The molecule has 0 aromatic rings. The fourth-order valence-electron chi connectivity index (χ4n) is 2.41. The first-order valence-corrected chi connectivity index (χ1v) is 6.24. The molecule has 0 amide bonds. The molecule has 15 heavy (non-hydrogen) atoms. The fourth-order valence-corrected chi connectivity index (χ4v) is 2.41. The molecule has 0 radical (unpaired) electrons. The minimum absolute atomic E-state index is 0.288. The van der Waals surface area contributed by atoms with Crippen LogP contribution in [-0.4, -0.2) is 48.8 Å². The minimum Gasteiger partial charge on any atom is -0.396 e. The Morgan fingerprint density at radius 3 is 2.40 bits per heavy atom. The summed E-state index contributed by atoms with van der Waals surface area (Å²) in [5, 5.41) is 12.4. The molecule has 3 nitrogen and oxygen atoms in total. The summed E-state index contributed by atoms with van der Waals surface area (Å²) < 4.78 is 0. The molecule has 1 heterocycles. The van der Waals surface area contributed by atoms with Gasteiger partial charge in [-0.25, -0.2) is 0 Å². The van der Waals surface area contributed by atoms with Gasteiger partial charge in [-0.2, -0.15) is 0 Å². The summed E-state index contributed by atoms with van der Waals surface area (Å²) in [5.41, 5.74) is 0. The van der Waals surface area contributed by atoms with E-state index in [1.165, 1.54) is 13.1 Å². The van der Waals surface area contributed by atoms with E-state index in [-0.39, 0.29) is 6.61 Å². The third-order valence-electron chi connectivity index (χ3n) is 3.51. The Labute approximate surface area is 93.9 Å². The largest absolute Gasteiger partial charge is 0.396 e. The van der Waals surface area contributed by atoms with E-state index >= 15 is 0 Å². The monoisotopic (exact) mass is 214 g/mol. The van der Waals surface area contributed by atoms with Gasteiger partial charge in [0, 0.05) is 32.3 Å². The lowest BCUT2D eigenvalue weighted by molar-refractivity contribution is 0.226. The third kappa shape index (κ3) is 4.09. The van der Waals surface area contributed by atoms with Crippen molar-refractivity contribution < 1.29 is 5.11 Å². The lowest BCUT2D eigenvalue weighted by Gasteiger charge is -2.23. The average molecular weight is 214 g/mol. The second-order valence-electron chi connectivity index (χ2n) is 4.94. The molecule has 3 unspecified atom stereocenters. The summed E-state index contributed by atoms with van der Waals surface area (Å²) in [4.78, 5) is 2.53. The second-order valence-corrected chi connectivity index (χ2v) is 4.94. The molecule has 3 heteroatoms. The Hall–Kier alpha value is -0.120. The molecule has 0 bridgehead atoms. The molecule has 0 aliphatic carbocycles. The summed E-state index contributed by atoms with van der Waals surface area (Å²) >= 11 is 0. The van der Waals surface area contributed by atoms with Crippen LogP contribution in [0.5, 0.6) is 0 Å². The molecule has 1 saturated heterocycles. The van der Waals surface area contributed by atoms with Crippen LogP contribution in [0.1, 0.15) is 27.2 Å². The molecule has 0 spiro atoms. The quantitative estimate of drug-likeness (QED) is 0.690. The summed E-state index contributed by atoms with van der Waals surface area (Å²) in [5.74, 6) is 1.64. The van der Waals surface area contributed by atoms with Crippen molar-refractivity contribution in [3.63, 3.8) is 0 Å². The molecule has 0 saturated carbocycles. The number of hydrogen-bond acceptors (Lipinski definition) is 3. The lowest BCUT2D eigenvalue weighted by Crippen LogP contribution is -2.40. The predicted molar refractivity (Wildman–Crippen MR) is 63.9 cm³/mol. The highest BCUT2D eigenvalue weighted by molar-refractivity contribution is 4.81. The highest BCUT2D eigenvalue weighted by Gasteiger charge is 2.27. The standard InChI is InChI=1S/C12H26N2O/c1-4-13-12(5-6-15)9-14-7-10(2)11(3)8-14/h10-13,15H,4-9H2,1-3H3. The number of aliphatic hydroxyl groups is 1. The number of nitrogens with one attached hydrogen (secondary N) is 1.